The van der Waals surface area contributed by atoms with Gasteiger partial charge in [0, 0.05) is 24.7 Å². The van der Waals surface area contributed by atoms with E-state index in [-0.39, 0.29) is 42.5 Å². The lowest BCUT2D eigenvalue weighted by molar-refractivity contribution is -0.139. The molecule has 180 valence electrons. The predicted octanol–water partition coefficient (Wildman–Crippen LogP) is 3.19. The van der Waals surface area contributed by atoms with Gasteiger partial charge in [-0.3, -0.25) is 24.1 Å². The van der Waals surface area contributed by atoms with Gasteiger partial charge in [-0.05, 0) is 67.5 Å². The maximum atomic E-state index is 13.0. The highest BCUT2D eigenvalue weighted by Gasteiger charge is 2.61. The van der Waals surface area contributed by atoms with Crippen molar-refractivity contribution in [2.45, 2.75) is 25.7 Å². The van der Waals surface area contributed by atoms with Gasteiger partial charge in [0.1, 0.15) is 11.5 Å². The normalized spacial score (nSPS) is 29.2. The zero-order chi connectivity index (χ0) is 24.3. The summed E-state index contributed by atoms with van der Waals surface area (Å²) in [7, 11) is 1.56. The predicted molar refractivity (Wildman–Crippen MR) is 126 cm³/mol. The first-order chi connectivity index (χ1) is 16.9. The summed E-state index contributed by atoms with van der Waals surface area (Å²) in [6, 6.07) is 13.6. The van der Waals surface area contributed by atoms with Crippen molar-refractivity contribution in [2.24, 2.45) is 29.6 Å². The molecule has 2 aromatic carbocycles. The largest absolute Gasteiger partial charge is 0.497 e. The molecule has 5 atom stereocenters. The topological polar surface area (TPSA) is 93.2 Å². The Kier molecular flexibility index (Phi) is 5.12. The second-order valence-electron chi connectivity index (χ2n) is 9.92. The van der Waals surface area contributed by atoms with Crippen molar-refractivity contribution in [3.05, 3.63) is 48.5 Å². The van der Waals surface area contributed by atoms with Gasteiger partial charge in [-0.2, -0.15) is 0 Å². The molecular formula is C27H26N2O6. The summed E-state index contributed by atoms with van der Waals surface area (Å²) in [6.45, 7) is 0.227. The van der Waals surface area contributed by atoms with Crippen LogP contribution in [0.15, 0.2) is 48.5 Å². The summed E-state index contributed by atoms with van der Waals surface area (Å²) in [4.78, 5) is 54.2. The number of hydrogen-bond acceptors (Lipinski definition) is 6. The Bertz CT molecular complexity index is 1200. The van der Waals surface area contributed by atoms with Crippen molar-refractivity contribution < 1.29 is 28.7 Å². The molecule has 8 heteroatoms. The number of anilines is 2. The summed E-state index contributed by atoms with van der Waals surface area (Å²) in [6.07, 6.45) is 3.13. The highest BCUT2D eigenvalue weighted by molar-refractivity contribution is 6.22. The van der Waals surface area contributed by atoms with Crippen molar-refractivity contribution in [3.8, 4) is 11.5 Å². The van der Waals surface area contributed by atoms with Gasteiger partial charge in [-0.15, -0.1) is 0 Å². The molecule has 4 aliphatic rings. The van der Waals surface area contributed by atoms with Crippen LogP contribution in [0.3, 0.4) is 0 Å². The fourth-order valence-corrected chi connectivity index (χ4v) is 6.42. The van der Waals surface area contributed by atoms with Gasteiger partial charge in [-0.25, -0.2) is 0 Å². The maximum absolute atomic E-state index is 13.0. The molecule has 2 aromatic rings. The second kappa shape index (κ2) is 8.22. The number of carbonyl (C=O) groups excluding carboxylic acids is 4. The molecule has 0 unspecified atom stereocenters. The first-order valence-corrected chi connectivity index (χ1v) is 12.1. The number of imide groups is 1. The molecule has 2 heterocycles. The second-order valence-corrected chi connectivity index (χ2v) is 9.92. The summed E-state index contributed by atoms with van der Waals surface area (Å²) in [5.74, 6) is -0.176. The van der Waals surface area contributed by atoms with E-state index in [4.69, 9.17) is 9.47 Å². The zero-order valence-electron chi connectivity index (χ0n) is 19.4. The molecule has 2 aliphatic carbocycles. The molecule has 0 aromatic heterocycles. The van der Waals surface area contributed by atoms with E-state index in [0.29, 0.717) is 34.7 Å². The highest BCUT2D eigenvalue weighted by atomic mass is 16.5. The molecule has 3 amide bonds. The number of carbonyl (C=O) groups is 4. The van der Waals surface area contributed by atoms with E-state index in [1.807, 2.05) is 0 Å². The van der Waals surface area contributed by atoms with Crippen LogP contribution in [0.5, 0.6) is 11.5 Å². The molecule has 0 radical (unpaired) electrons. The Morgan fingerprint density at radius 1 is 0.886 bits per heavy atom. The van der Waals surface area contributed by atoms with Crippen molar-refractivity contribution in [1.29, 1.82) is 0 Å². The molecule has 0 spiro atoms. The SMILES string of the molecule is COc1cccc(N2C[C@@H](C(=O)Oc3ccc(N4C(=O)[C@H]5[C@@H]6CC[C@@H](C6)[C@@H]5C4=O)cc3)CC2=O)c1. The molecule has 0 N–H and O–H groups in total. The van der Waals surface area contributed by atoms with E-state index in [2.05, 4.69) is 0 Å². The lowest BCUT2D eigenvalue weighted by atomic mass is 9.81. The third-order valence-electron chi connectivity index (χ3n) is 8.06. The smallest absolute Gasteiger partial charge is 0.316 e. The molecule has 6 rings (SSSR count). The molecule has 4 fully saturated rings. The van der Waals surface area contributed by atoms with Crippen molar-refractivity contribution >= 4 is 35.1 Å². The fraction of sp³-hybridized carbons (Fsp3) is 0.407. The van der Waals surface area contributed by atoms with Gasteiger partial charge >= 0.3 is 5.97 Å². The standard InChI is InChI=1S/C27H26N2O6/c1-34-21-4-2-3-19(13-21)28-14-17(12-22(28)30)27(33)35-20-9-7-18(8-10-20)29-25(31)23-15-5-6-16(11-15)24(23)26(29)32/h2-4,7-10,13,15-17,23-24H,5-6,11-12,14H2,1H3/t15-,16+,17-,23-,24-/m0/s1. The van der Waals surface area contributed by atoms with Gasteiger partial charge in [0.2, 0.25) is 17.7 Å². The minimum absolute atomic E-state index is 0.0655. The van der Waals surface area contributed by atoms with Crippen LogP contribution in [0.1, 0.15) is 25.7 Å². The van der Waals surface area contributed by atoms with Crippen LogP contribution in [0, 0.1) is 29.6 Å². The molecule has 2 aliphatic heterocycles. The van der Waals surface area contributed by atoms with Gasteiger partial charge in [-0.1, -0.05) is 6.07 Å². The summed E-state index contributed by atoms with van der Waals surface area (Å²) in [5.41, 5.74) is 1.18. The number of methoxy groups -OCH3 is 1. The van der Waals surface area contributed by atoms with Gasteiger partial charge in [0.05, 0.1) is 30.6 Å². The molecular weight excluding hydrogens is 448 g/mol. The van der Waals surface area contributed by atoms with Crippen molar-refractivity contribution in [3.63, 3.8) is 0 Å². The molecule has 8 nitrogen and oxygen atoms in total. The summed E-state index contributed by atoms with van der Waals surface area (Å²) < 4.78 is 10.8. The average Bonchev–Trinajstić information content (AvgIpc) is 3.63. The lowest BCUT2D eigenvalue weighted by Gasteiger charge is -2.19. The Labute approximate surface area is 202 Å². The van der Waals surface area contributed by atoms with Crippen LogP contribution in [-0.4, -0.2) is 37.3 Å². The first kappa shape index (κ1) is 21.8. The van der Waals surface area contributed by atoms with Crippen LogP contribution in [0.4, 0.5) is 11.4 Å². The van der Waals surface area contributed by atoms with E-state index in [1.165, 1.54) is 4.90 Å². The van der Waals surface area contributed by atoms with E-state index in [1.54, 1.807) is 60.5 Å². The number of ether oxygens (including phenoxy) is 2. The van der Waals surface area contributed by atoms with Crippen molar-refractivity contribution in [2.75, 3.05) is 23.5 Å². The quantitative estimate of drug-likeness (QED) is 0.375. The first-order valence-electron chi connectivity index (χ1n) is 12.1. The number of amides is 3. The maximum Gasteiger partial charge on any atom is 0.316 e. The number of fused-ring (bicyclic) bond motifs is 5. The summed E-state index contributed by atoms with van der Waals surface area (Å²) >= 11 is 0. The van der Waals surface area contributed by atoms with Crippen LogP contribution < -0.4 is 19.3 Å². The van der Waals surface area contributed by atoms with Gasteiger partial charge < -0.3 is 14.4 Å². The minimum atomic E-state index is -0.593. The Morgan fingerprint density at radius 3 is 2.23 bits per heavy atom. The van der Waals surface area contributed by atoms with Crippen LogP contribution >= 0.6 is 0 Å². The number of esters is 1. The lowest BCUT2D eigenvalue weighted by Crippen LogP contribution is -2.32. The molecule has 2 bridgehead atoms. The van der Waals surface area contributed by atoms with E-state index < -0.39 is 11.9 Å². The molecule has 2 saturated heterocycles. The third-order valence-corrected chi connectivity index (χ3v) is 8.06. The Balaban J connectivity index is 1.12. The van der Waals surface area contributed by atoms with E-state index in [0.717, 1.165) is 19.3 Å². The number of rotatable bonds is 5. The summed E-state index contributed by atoms with van der Waals surface area (Å²) in [5, 5.41) is 0. The third kappa shape index (κ3) is 3.50. The number of nitrogens with zero attached hydrogens (tertiary/aromatic N) is 2. The highest BCUT2D eigenvalue weighted by Crippen LogP contribution is 2.56. The van der Waals surface area contributed by atoms with Gasteiger partial charge in [0.25, 0.3) is 0 Å². The zero-order valence-corrected chi connectivity index (χ0v) is 19.4. The monoisotopic (exact) mass is 474 g/mol. The Hall–Kier alpha value is -3.68. The molecule has 35 heavy (non-hydrogen) atoms. The minimum Gasteiger partial charge on any atom is -0.497 e. The van der Waals surface area contributed by atoms with Gasteiger partial charge in [0.15, 0.2) is 0 Å². The number of hydrogen-bond donors (Lipinski definition) is 0. The van der Waals surface area contributed by atoms with Crippen LogP contribution in [-0.2, 0) is 19.2 Å². The van der Waals surface area contributed by atoms with Crippen molar-refractivity contribution in [1.82, 2.24) is 0 Å². The van der Waals surface area contributed by atoms with Crippen LogP contribution in [0.25, 0.3) is 0 Å². The Morgan fingerprint density at radius 2 is 1.57 bits per heavy atom. The fourth-order valence-electron chi connectivity index (χ4n) is 6.42. The van der Waals surface area contributed by atoms with Crippen LogP contribution in [0.2, 0.25) is 0 Å². The average molecular weight is 475 g/mol. The van der Waals surface area contributed by atoms with E-state index in [9.17, 15) is 19.2 Å². The molecule has 2 saturated carbocycles. The number of benzene rings is 2. The van der Waals surface area contributed by atoms with E-state index >= 15 is 0 Å².